The van der Waals surface area contributed by atoms with Gasteiger partial charge in [0.1, 0.15) is 0 Å². The van der Waals surface area contributed by atoms with Crippen molar-refractivity contribution in [2.45, 2.75) is 19.8 Å². The van der Waals surface area contributed by atoms with E-state index in [1.165, 1.54) is 39.0 Å². The molecule has 0 heterocycles. The third-order valence-corrected chi connectivity index (χ3v) is 5.26. The molecule has 0 fully saturated rings. The number of fused-ring (bicyclic) bond motifs is 1. The lowest BCUT2D eigenvalue weighted by Gasteiger charge is -2.18. The van der Waals surface area contributed by atoms with E-state index in [1.54, 1.807) is 0 Å². The van der Waals surface area contributed by atoms with Crippen LogP contribution in [0.3, 0.4) is 0 Å². The van der Waals surface area contributed by atoms with Gasteiger partial charge in [-0.3, -0.25) is 0 Å². The molecule has 0 aromatic heterocycles. The van der Waals surface area contributed by atoms with Crippen LogP contribution in [-0.4, -0.2) is 0 Å². The molecule has 0 radical (unpaired) electrons. The van der Waals surface area contributed by atoms with Crippen LogP contribution in [0.5, 0.6) is 0 Å². The van der Waals surface area contributed by atoms with Gasteiger partial charge in [0.05, 0.1) is 0 Å². The number of allylic oxidation sites excluding steroid dienone is 3. The second-order valence-corrected chi connectivity index (χ2v) is 7.37. The van der Waals surface area contributed by atoms with E-state index in [0.29, 0.717) is 0 Å². The number of benzene rings is 3. The summed E-state index contributed by atoms with van der Waals surface area (Å²) in [5.41, 5.74) is 9.22. The van der Waals surface area contributed by atoms with Crippen molar-refractivity contribution in [3.63, 3.8) is 0 Å². The molecular formula is C25H21Cl. The average molecular weight is 357 g/mol. The number of rotatable bonds is 3. The average Bonchev–Trinajstić information content (AvgIpc) is 3.03. The first-order chi connectivity index (χ1) is 12.6. The Hall–Kier alpha value is -2.57. The van der Waals surface area contributed by atoms with Crippen LogP contribution >= 0.6 is 11.6 Å². The lowest BCUT2D eigenvalue weighted by atomic mass is 9.85. The van der Waals surface area contributed by atoms with Crippen LogP contribution in [0, 0.1) is 0 Å². The Bertz CT molecular complexity index is 988. The molecular weight excluding hydrogens is 336 g/mol. The molecule has 1 aliphatic carbocycles. The monoisotopic (exact) mass is 356 g/mol. The highest BCUT2D eigenvalue weighted by Gasteiger charge is 2.27. The first-order valence-corrected chi connectivity index (χ1v) is 9.33. The zero-order valence-corrected chi connectivity index (χ0v) is 15.8. The van der Waals surface area contributed by atoms with Gasteiger partial charge in [0.25, 0.3) is 0 Å². The van der Waals surface area contributed by atoms with E-state index in [2.05, 4.69) is 86.7 Å². The van der Waals surface area contributed by atoms with Gasteiger partial charge in [0, 0.05) is 10.9 Å². The molecule has 3 aromatic rings. The molecule has 0 bridgehead atoms. The summed E-state index contributed by atoms with van der Waals surface area (Å²) in [5.74, 6) is 0.257. The van der Waals surface area contributed by atoms with E-state index in [9.17, 15) is 0 Å². The van der Waals surface area contributed by atoms with Gasteiger partial charge in [-0.05, 0) is 59.4 Å². The normalized spacial score (nSPS) is 15.3. The molecule has 4 rings (SSSR count). The van der Waals surface area contributed by atoms with E-state index in [1.807, 2.05) is 12.1 Å². The molecule has 0 amide bonds. The van der Waals surface area contributed by atoms with Crippen molar-refractivity contribution in [2.24, 2.45) is 0 Å². The first kappa shape index (κ1) is 16.9. The highest BCUT2D eigenvalue weighted by Crippen LogP contribution is 2.46. The molecule has 26 heavy (non-hydrogen) atoms. The van der Waals surface area contributed by atoms with Crippen LogP contribution in [-0.2, 0) is 0 Å². The van der Waals surface area contributed by atoms with Gasteiger partial charge in [0.2, 0.25) is 0 Å². The third-order valence-electron chi connectivity index (χ3n) is 5.01. The highest BCUT2D eigenvalue weighted by molar-refractivity contribution is 6.30. The largest absolute Gasteiger partial charge is 0.0843 e. The second kappa shape index (κ2) is 6.97. The Morgan fingerprint density at radius 2 is 1.42 bits per heavy atom. The summed E-state index contributed by atoms with van der Waals surface area (Å²) >= 11 is 6.11. The van der Waals surface area contributed by atoms with Gasteiger partial charge in [-0.25, -0.2) is 0 Å². The van der Waals surface area contributed by atoms with E-state index < -0.39 is 0 Å². The Morgan fingerprint density at radius 1 is 0.769 bits per heavy atom. The van der Waals surface area contributed by atoms with Gasteiger partial charge in [0.15, 0.2) is 0 Å². The van der Waals surface area contributed by atoms with E-state index in [4.69, 9.17) is 11.6 Å². The number of halogens is 1. The van der Waals surface area contributed by atoms with Gasteiger partial charge < -0.3 is 0 Å². The van der Waals surface area contributed by atoms with Crippen LogP contribution < -0.4 is 0 Å². The molecule has 1 heteroatoms. The van der Waals surface area contributed by atoms with Crippen molar-refractivity contribution in [1.82, 2.24) is 0 Å². The molecule has 128 valence electrons. The topological polar surface area (TPSA) is 0 Å². The van der Waals surface area contributed by atoms with Crippen molar-refractivity contribution in [3.05, 3.63) is 118 Å². The number of hydrogen-bond acceptors (Lipinski definition) is 0. The SMILES string of the molecule is CC(C)=C(c1ccc(Cl)cc1)C1C=C(c2ccccc2)c2ccccc21. The molecule has 0 aliphatic heterocycles. The zero-order chi connectivity index (χ0) is 18.1. The molecule has 1 atom stereocenters. The lowest BCUT2D eigenvalue weighted by Crippen LogP contribution is -1.99. The second-order valence-electron chi connectivity index (χ2n) is 6.93. The molecule has 0 saturated carbocycles. The van der Waals surface area contributed by atoms with Gasteiger partial charge in [-0.2, -0.15) is 0 Å². The van der Waals surface area contributed by atoms with Crippen molar-refractivity contribution in [1.29, 1.82) is 0 Å². The third kappa shape index (κ3) is 3.02. The molecule has 1 unspecified atom stereocenters. The predicted molar refractivity (Wildman–Crippen MR) is 112 cm³/mol. The fourth-order valence-corrected chi connectivity index (χ4v) is 4.00. The maximum absolute atomic E-state index is 6.11. The predicted octanol–water partition coefficient (Wildman–Crippen LogP) is 7.36. The minimum atomic E-state index is 0.257. The quantitative estimate of drug-likeness (QED) is 0.459. The molecule has 3 aromatic carbocycles. The Labute approximate surface area is 160 Å². The summed E-state index contributed by atoms with van der Waals surface area (Å²) in [5, 5.41) is 0.772. The van der Waals surface area contributed by atoms with Gasteiger partial charge in [-0.1, -0.05) is 90.0 Å². The van der Waals surface area contributed by atoms with E-state index in [0.717, 1.165) is 5.02 Å². The fourth-order valence-electron chi connectivity index (χ4n) is 3.88. The Kier molecular flexibility index (Phi) is 4.53. The van der Waals surface area contributed by atoms with Crippen LogP contribution in [0.25, 0.3) is 11.1 Å². The van der Waals surface area contributed by atoms with Crippen molar-refractivity contribution < 1.29 is 0 Å². The van der Waals surface area contributed by atoms with Gasteiger partial charge in [-0.15, -0.1) is 0 Å². The molecule has 0 N–H and O–H groups in total. The van der Waals surface area contributed by atoms with Crippen LogP contribution in [0.4, 0.5) is 0 Å². The summed E-state index contributed by atoms with van der Waals surface area (Å²) in [7, 11) is 0. The molecule has 0 saturated heterocycles. The summed E-state index contributed by atoms with van der Waals surface area (Å²) in [4.78, 5) is 0. The van der Waals surface area contributed by atoms with E-state index in [-0.39, 0.29) is 5.92 Å². The van der Waals surface area contributed by atoms with Crippen molar-refractivity contribution in [3.8, 4) is 0 Å². The smallest absolute Gasteiger partial charge is 0.0406 e. The Balaban J connectivity index is 1.89. The van der Waals surface area contributed by atoms with Crippen LogP contribution in [0.1, 0.15) is 42.0 Å². The first-order valence-electron chi connectivity index (χ1n) is 8.95. The zero-order valence-electron chi connectivity index (χ0n) is 15.0. The molecule has 0 nitrogen and oxygen atoms in total. The van der Waals surface area contributed by atoms with Crippen molar-refractivity contribution in [2.75, 3.05) is 0 Å². The van der Waals surface area contributed by atoms with Gasteiger partial charge >= 0.3 is 0 Å². The van der Waals surface area contributed by atoms with E-state index >= 15 is 0 Å². The standard InChI is InChI=1S/C25H21Cl/c1-17(2)25(19-12-14-20(26)15-13-19)24-16-23(18-8-4-3-5-9-18)21-10-6-7-11-22(21)24/h3-16,24H,1-2H3. The minimum Gasteiger partial charge on any atom is -0.0843 e. The fraction of sp³-hybridized carbons (Fsp3) is 0.120. The lowest BCUT2D eigenvalue weighted by molar-refractivity contribution is 1.10. The van der Waals surface area contributed by atoms with Crippen LogP contribution in [0.15, 0.2) is 90.5 Å². The summed E-state index contributed by atoms with van der Waals surface area (Å²) < 4.78 is 0. The maximum atomic E-state index is 6.11. The summed E-state index contributed by atoms with van der Waals surface area (Å²) in [6.07, 6.45) is 2.41. The maximum Gasteiger partial charge on any atom is 0.0406 e. The Morgan fingerprint density at radius 3 is 2.12 bits per heavy atom. The minimum absolute atomic E-state index is 0.257. The summed E-state index contributed by atoms with van der Waals surface area (Å²) in [6, 6.07) is 27.6. The summed E-state index contributed by atoms with van der Waals surface area (Å²) in [6.45, 7) is 4.39. The highest BCUT2D eigenvalue weighted by atomic mass is 35.5. The number of hydrogen-bond donors (Lipinski definition) is 0. The van der Waals surface area contributed by atoms with Crippen molar-refractivity contribution >= 4 is 22.7 Å². The molecule has 1 aliphatic rings. The van der Waals surface area contributed by atoms with Crippen LogP contribution in [0.2, 0.25) is 5.02 Å². The molecule has 0 spiro atoms.